The second kappa shape index (κ2) is 7.83. The summed E-state index contributed by atoms with van der Waals surface area (Å²) in [5.74, 6) is 0. The Balaban J connectivity index is 0.000000172. The lowest BCUT2D eigenvalue weighted by Crippen LogP contribution is -2.17. The van der Waals surface area contributed by atoms with Crippen molar-refractivity contribution in [2.24, 2.45) is 4.99 Å². The highest BCUT2D eigenvalue weighted by Gasteiger charge is 2.06. The van der Waals surface area contributed by atoms with E-state index < -0.39 is 0 Å². The largest absolute Gasteiger partial charge is 0.331 e. The van der Waals surface area contributed by atoms with Gasteiger partial charge in [-0.05, 0) is 48.5 Å². The average molecular weight is 309 g/mol. The Labute approximate surface area is 134 Å². The fourth-order valence-electron chi connectivity index (χ4n) is 1.83. The number of hydrogen-bond acceptors (Lipinski definition) is 4. The smallest absolute Gasteiger partial charge is 0.0991 e. The molecule has 0 saturated carbocycles. The van der Waals surface area contributed by atoms with Crippen LogP contribution < -0.4 is 4.90 Å². The van der Waals surface area contributed by atoms with Gasteiger partial charge in [-0.15, -0.1) is 0 Å². The van der Waals surface area contributed by atoms with Crippen molar-refractivity contribution in [3.63, 3.8) is 0 Å². The highest BCUT2D eigenvalue weighted by atomic mass is 35.5. The van der Waals surface area contributed by atoms with Gasteiger partial charge in [-0.25, -0.2) is 0 Å². The second-order valence-electron chi connectivity index (χ2n) is 4.49. The lowest BCUT2D eigenvalue weighted by molar-refractivity contribution is 1.02. The second-order valence-corrected chi connectivity index (χ2v) is 4.93. The summed E-state index contributed by atoms with van der Waals surface area (Å²) in [6.45, 7) is 1.80. The molecule has 2 aromatic carbocycles. The van der Waals surface area contributed by atoms with Crippen LogP contribution in [0.2, 0.25) is 5.02 Å². The minimum Gasteiger partial charge on any atom is -0.331 e. The van der Waals surface area contributed by atoms with E-state index in [-0.39, 0.29) is 0 Å². The van der Waals surface area contributed by atoms with Crippen molar-refractivity contribution in [3.8, 4) is 12.1 Å². The minimum absolute atomic E-state index is 0.638. The standard InChI is InChI=1S/C10H9N3.C7H4ClN/c11-7-9-1-3-10(4-2-9)13-6-5-12-8-13;8-7-3-1-6(5-9)2-4-7/h1-4,8H,5-6H2;1-4H. The molecule has 0 aliphatic carbocycles. The van der Waals surface area contributed by atoms with Crippen LogP contribution in [0.3, 0.4) is 0 Å². The zero-order chi connectivity index (χ0) is 15.8. The first-order valence-corrected chi connectivity index (χ1v) is 7.03. The summed E-state index contributed by atoms with van der Waals surface area (Å²) in [6.07, 6.45) is 1.83. The van der Waals surface area contributed by atoms with Gasteiger partial charge in [0.05, 0.1) is 36.1 Å². The van der Waals surface area contributed by atoms with E-state index in [1.54, 1.807) is 24.3 Å². The fourth-order valence-corrected chi connectivity index (χ4v) is 1.95. The predicted octanol–water partition coefficient (Wildman–Crippen LogP) is 3.62. The third kappa shape index (κ3) is 4.34. The van der Waals surface area contributed by atoms with Gasteiger partial charge in [0.25, 0.3) is 0 Å². The summed E-state index contributed by atoms with van der Waals surface area (Å²) < 4.78 is 0. The first-order chi connectivity index (χ1) is 10.7. The third-order valence-corrected chi connectivity index (χ3v) is 3.24. The van der Waals surface area contributed by atoms with Crippen LogP contribution in [-0.2, 0) is 0 Å². The number of anilines is 1. The molecule has 0 unspecified atom stereocenters. The average Bonchev–Trinajstić information content (AvgIpc) is 3.11. The van der Waals surface area contributed by atoms with Crippen LogP contribution in [-0.4, -0.2) is 19.4 Å². The molecule has 0 N–H and O–H groups in total. The van der Waals surface area contributed by atoms with Crippen LogP contribution in [0, 0.1) is 22.7 Å². The normalized spacial score (nSPS) is 12.0. The minimum atomic E-state index is 0.638. The van der Waals surface area contributed by atoms with Gasteiger partial charge in [-0.3, -0.25) is 4.99 Å². The van der Waals surface area contributed by atoms with Crippen LogP contribution in [0.15, 0.2) is 53.5 Å². The summed E-state index contributed by atoms with van der Waals surface area (Å²) in [6, 6.07) is 18.4. The molecule has 0 fully saturated rings. The maximum atomic E-state index is 8.60. The van der Waals surface area contributed by atoms with Gasteiger partial charge in [0.15, 0.2) is 0 Å². The molecule has 4 nitrogen and oxygen atoms in total. The Bertz CT molecular complexity index is 721. The molecular weight excluding hydrogens is 296 g/mol. The summed E-state index contributed by atoms with van der Waals surface area (Å²) >= 11 is 5.56. The van der Waals surface area contributed by atoms with E-state index >= 15 is 0 Å². The zero-order valence-corrected chi connectivity index (χ0v) is 12.5. The van der Waals surface area contributed by atoms with E-state index in [9.17, 15) is 0 Å². The lowest BCUT2D eigenvalue weighted by atomic mass is 10.2. The summed E-state index contributed by atoms with van der Waals surface area (Å²) in [5, 5.41) is 17.6. The maximum Gasteiger partial charge on any atom is 0.0991 e. The van der Waals surface area contributed by atoms with Gasteiger partial charge in [0.2, 0.25) is 0 Å². The number of aliphatic imine (C=N–C) groups is 1. The van der Waals surface area contributed by atoms with Crippen molar-refractivity contribution in [2.45, 2.75) is 0 Å². The Hall–Kier alpha value is -2.82. The van der Waals surface area contributed by atoms with E-state index in [2.05, 4.69) is 16.0 Å². The number of halogens is 1. The summed E-state index contributed by atoms with van der Waals surface area (Å²) in [4.78, 5) is 6.19. The lowest BCUT2D eigenvalue weighted by Gasteiger charge is -2.12. The quantitative estimate of drug-likeness (QED) is 0.808. The van der Waals surface area contributed by atoms with Gasteiger partial charge in [-0.1, -0.05) is 11.6 Å². The Morgan fingerprint density at radius 2 is 1.45 bits per heavy atom. The maximum absolute atomic E-state index is 8.60. The van der Waals surface area contributed by atoms with Crippen molar-refractivity contribution >= 4 is 23.6 Å². The van der Waals surface area contributed by atoms with E-state index in [4.69, 9.17) is 22.1 Å². The monoisotopic (exact) mass is 308 g/mol. The van der Waals surface area contributed by atoms with E-state index in [0.29, 0.717) is 16.1 Å². The van der Waals surface area contributed by atoms with Gasteiger partial charge in [0.1, 0.15) is 0 Å². The molecule has 2 aromatic rings. The molecule has 0 aromatic heterocycles. The van der Waals surface area contributed by atoms with Crippen molar-refractivity contribution < 1.29 is 0 Å². The molecule has 0 radical (unpaired) electrons. The van der Waals surface area contributed by atoms with Crippen LogP contribution in [0.4, 0.5) is 5.69 Å². The molecule has 1 heterocycles. The Morgan fingerprint density at radius 1 is 0.909 bits per heavy atom. The highest BCUT2D eigenvalue weighted by molar-refractivity contribution is 6.30. The zero-order valence-electron chi connectivity index (χ0n) is 11.8. The molecule has 22 heavy (non-hydrogen) atoms. The molecule has 0 spiro atoms. The molecule has 3 rings (SSSR count). The fraction of sp³-hybridized carbons (Fsp3) is 0.118. The number of rotatable bonds is 1. The molecular formula is C17H13ClN4. The van der Waals surface area contributed by atoms with Crippen molar-refractivity contribution in [1.82, 2.24) is 0 Å². The summed E-state index contributed by atoms with van der Waals surface area (Å²) in [7, 11) is 0. The molecule has 1 aliphatic heterocycles. The van der Waals surface area contributed by atoms with Gasteiger partial charge < -0.3 is 4.90 Å². The molecule has 5 heteroatoms. The van der Waals surface area contributed by atoms with Crippen LogP contribution in [0.25, 0.3) is 0 Å². The first-order valence-electron chi connectivity index (χ1n) is 6.65. The first kappa shape index (κ1) is 15.6. The van der Waals surface area contributed by atoms with Crippen LogP contribution >= 0.6 is 11.6 Å². The van der Waals surface area contributed by atoms with Gasteiger partial charge in [-0.2, -0.15) is 10.5 Å². The van der Waals surface area contributed by atoms with Crippen LogP contribution in [0.5, 0.6) is 0 Å². The van der Waals surface area contributed by atoms with Gasteiger partial charge >= 0.3 is 0 Å². The van der Waals surface area contributed by atoms with Crippen molar-refractivity contribution in [3.05, 3.63) is 64.7 Å². The predicted molar refractivity (Wildman–Crippen MR) is 88.0 cm³/mol. The van der Waals surface area contributed by atoms with E-state index in [1.807, 2.05) is 36.7 Å². The Kier molecular flexibility index (Phi) is 5.54. The molecule has 1 aliphatic rings. The van der Waals surface area contributed by atoms with Crippen LogP contribution in [0.1, 0.15) is 11.1 Å². The number of nitriles is 2. The third-order valence-electron chi connectivity index (χ3n) is 2.99. The van der Waals surface area contributed by atoms with E-state index in [0.717, 1.165) is 18.8 Å². The highest BCUT2D eigenvalue weighted by Crippen LogP contribution is 2.15. The number of nitrogens with zero attached hydrogens (tertiary/aromatic N) is 4. The van der Waals surface area contributed by atoms with Crippen molar-refractivity contribution in [2.75, 3.05) is 18.0 Å². The van der Waals surface area contributed by atoms with Gasteiger partial charge in [0, 0.05) is 17.3 Å². The molecule has 108 valence electrons. The topological polar surface area (TPSA) is 63.2 Å². The Morgan fingerprint density at radius 3 is 1.91 bits per heavy atom. The van der Waals surface area contributed by atoms with E-state index in [1.165, 1.54) is 0 Å². The summed E-state index contributed by atoms with van der Waals surface area (Å²) in [5.41, 5.74) is 2.43. The van der Waals surface area contributed by atoms with Crippen molar-refractivity contribution in [1.29, 1.82) is 10.5 Å². The molecule has 0 amide bonds. The number of hydrogen-bond donors (Lipinski definition) is 0. The molecule has 0 atom stereocenters. The SMILES string of the molecule is N#Cc1ccc(Cl)cc1.N#Cc1ccc(N2C=NCC2)cc1. The molecule has 0 saturated heterocycles. The number of benzene rings is 2. The molecule has 0 bridgehead atoms.